The number of anilines is 2. The van der Waals surface area contributed by atoms with Gasteiger partial charge in [-0.25, -0.2) is 9.97 Å². The summed E-state index contributed by atoms with van der Waals surface area (Å²) in [5.74, 6) is -0.250. The molecule has 1 fully saturated rings. The summed E-state index contributed by atoms with van der Waals surface area (Å²) < 4.78 is 7.13. The van der Waals surface area contributed by atoms with E-state index in [1.54, 1.807) is 12.4 Å². The van der Waals surface area contributed by atoms with Crippen molar-refractivity contribution in [3.8, 4) is 6.01 Å². The molecule has 0 bridgehead atoms. The molecule has 5 rings (SSSR count). The number of fused-ring (bicyclic) bond motifs is 2. The summed E-state index contributed by atoms with van der Waals surface area (Å²) in [6.45, 7) is 6.06. The predicted molar refractivity (Wildman–Crippen MR) is 124 cm³/mol. The summed E-state index contributed by atoms with van der Waals surface area (Å²) >= 11 is 0. The van der Waals surface area contributed by atoms with Crippen molar-refractivity contribution in [3.05, 3.63) is 54.6 Å². The molecule has 1 aliphatic heterocycles. The average molecular weight is 432 g/mol. The fourth-order valence-corrected chi connectivity index (χ4v) is 4.36. The van der Waals surface area contributed by atoms with Gasteiger partial charge >= 0.3 is 6.01 Å². The molecule has 0 radical (unpaired) electrons. The number of nitrogens with zero attached hydrogens (tertiary/aromatic N) is 5. The molecular formula is C23H25N7O2. The molecule has 4 aromatic rings. The van der Waals surface area contributed by atoms with Crippen LogP contribution in [0.4, 0.5) is 11.4 Å². The summed E-state index contributed by atoms with van der Waals surface area (Å²) in [6, 6.07) is 8.41. The first-order chi connectivity index (χ1) is 15.5. The zero-order valence-electron chi connectivity index (χ0n) is 18.2. The summed E-state index contributed by atoms with van der Waals surface area (Å²) in [5.41, 5.74) is 3.46. The van der Waals surface area contributed by atoms with Gasteiger partial charge in [0.2, 0.25) is 0 Å². The van der Waals surface area contributed by atoms with Crippen molar-refractivity contribution in [2.45, 2.75) is 25.9 Å². The number of carbonyl (C=O) groups is 1. The van der Waals surface area contributed by atoms with Crippen LogP contribution in [0.15, 0.2) is 49.1 Å². The van der Waals surface area contributed by atoms with E-state index in [0.717, 1.165) is 29.8 Å². The minimum atomic E-state index is -0.250. The molecule has 1 saturated heterocycles. The molecule has 1 aromatic carbocycles. The third-order valence-electron chi connectivity index (χ3n) is 5.69. The second kappa shape index (κ2) is 8.08. The largest absolute Gasteiger partial charge is 0.467 e. The standard InChI is InChI=1S/C23H25N7O2/c1-14-12-30(13-15(2)26-14)19-5-4-17(21-18(19)11-25-23(28-21)32-3)22(31)27-16-6-8-29-9-7-24-20(29)10-16/h4-11,14-15,26H,12-13H2,1-3H3,(H,27,31)/t14-,15-/m0/s1. The third-order valence-corrected chi connectivity index (χ3v) is 5.69. The van der Waals surface area contributed by atoms with E-state index in [-0.39, 0.29) is 11.9 Å². The van der Waals surface area contributed by atoms with Crippen LogP contribution in [0.1, 0.15) is 24.2 Å². The highest BCUT2D eigenvalue weighted by Crippen LogP contribution is 2.31. The minimum absolute atomic E-state index is 0.226. The SMILES string of the molecule is COc1ncc2c(N3C[C@H](C)N[C@@H](C)C3)ccc(C(=O)Nc3ccn4ccnc4c3)c2n1. The normalized spacial score (nSPS) is 18.8. The topological polar surface area (TPSA) is 96.7 Å². The van der Waals surface area contributed by atoms with Gasteiger partial charge in [0.15, 0.2) is 0 Å². The van der Waals surface area contributed by atoms with E-state index < -0.39 is 0 Å². The van der Waals surface area contributed by atoms with E-state index in [0.29, 0.717) is 28.9 Å². The van der Waals surface area contributed by atoms with Gasteiger partial charge in [0.1, 0.15) is 5.65 Å². The number of piperazine rings is 1. The Morgan fingerprint density at radius 2 is 1.97 bits per heavy atom. The predicted octanol–water partition coefficient (Wildman–Crippen LogP) is 2.73. The summed E-state index contributed by atoms with van der Waals surface area (Å²) in [6.07, 6.45) is 7.17. The number of benzene rings is 1. The van der Waals surface area contributed by atoms with Crippen LogP contribution in [-0.4, -0.2) is 57.5 Å². The molecule has 1 amide bonds. The van der Waals surface area contributed by atoms with Crippen LogP contribution in [0.25, 0.3) is 16.6 Å². The van der Waals surface area contributed by atoms with Gasteiger partial charge in [0.05, 0.1) is 18.2 Å². The second-order valence-corrected chi connectivity index (χ2v) is 8.19. The summed E-state index contributed by atoms with van der Waals surface area (Å²) in [7, 11) is 1.52. The molecule has 0 aliphatic carbocycles. The molecule has 2 atom stereocenters. The van der Waals surface area contributed by atoms with Gasteiger partial charge in [-0.2, -0.15) is 4.98 Å². The number of ether oxygens (including phenoxy) is 1. The first-order valence-corrected chi connectivity index (χ1v) is 10.6. The lowest BCUT2D eigenvalue weighted by molar-refractivity contribution is 0.102. The van der Waals surface area contributed by atoms with Gasteiger partial charge in [0.25, 0.3) is 5.91 Å². The Hall–Kier alpha value is -3.72. The smallest absolute Gasteiger partial charge is 0.316 e. The van der Waals surface area contributed by atoms with Gasteiger partial charge in [-0.05, 0) is 32.0 Å². The number of hydrogen-bond acceptors (Lipinski definition) is 7. The number of nitrogens with one attached hydrogen (secondary N) is 2. The second-order valence-electron chi connectivity index (χ2n) is 8.19. The molecule has 4 heterocycles. The Bertz CT molecular complexity index is 1290. The molecule has 1 aliphatic rings. The van der Waals surface area contributed by atoms with Crippen molar-refractivity contribution in [3.63, 3.8) is 0 Å². The van der Waals surface area contributed by atoms with Crippen LogP contribution in [0.3, 0.4) is 0 Å². The lowest BCUT2D eigenvalue weighted by Gasteiger charge is -2.38. The molecule has 0 unspecified atom stereocenters. The molecule has 9 heteroatoms. The van der Waals surface area contributed by atoms with E-state index in [1.807, 2.05) is 41.1 Å². The van der Waals surface area contributed by atoms with E-state index in [1.165, 1.54) is 7.11 Å². The van der Waals surface area contributed by atoms with Crippen molar-refractivity contribution in [1.82, 2.24) is 24.7 Å². The maximum absolute atomic E-state index is 13.2. The first-order valence-electron chi connectivity index (χ1n) is 10.6. The maximum Gasteiger partial charge on any atom is 0.316 e. The highest BCUT2D eigenvalue weighted by atomic mass is 16.5. The molecular weight excluding hydrogens is 406 g/mol. The zero-order chi connectivity index (χ0) is 22.2. The molecule has 164 valence electrons. The van der Waals surface area contributed by atoms with Crippen LogP contribution < -0.4 is 20.3 Å². The molecule has 32 heavy (non-hydrogen) atoms. The van der Waals surface area contributed by atoms with Crippen LogP contribution in [0.2, 0.25) is 0 Å². The van der Waals surface area contributed by atoms with E-state index in [4.69, 9.17) is 4.74 Å². The van der Waals surface area contributed by atoms with Crippen molar-refractivity contribution < 1.29 is 9.53 Å². The summed E-state index contributed by atoms with van der Waals surface area (Å²) in [5, 5.41) is 7.34. The van der Waals surface area contributed by atoms with Crippen molar-refractivity contribution in [1.29, 1.82) is 0 Å². The van der Waals surface area contributed by atoms with Crippen LogP contribution in [-0.2, 0) is 0 Å². The number of hydrogen-bond donors (Lipinski definition) is 2. The Morgan fingerprint density at radius 1 is 1.16 bits per heavy atom. The third kappa shape index (κ3) is 3.71. The highest BCUT2D eigenvalue weighted by molar-refractivity contribution is 6.14. The number of carbonyl (C=O) groups excluding carboxylic acids is 1. The zero-order valence-corrected chi connectivity index (χ0v) is 18.2. The molecule has 0 spiro atoms. The molecule has 3 aromatic heterocycles. The lowest BCUT2D eigenvalue weighted by atomic mass is 10.0. The number of methoxy groups -OCH3 is 1. The number of aromatic nitrogens is 4. The van der Waals surface area contributed by atoms with Gasteiger partial charge in [0, 0.05) is 72.8 Å². The van der Waals surface area contributed by atoms with Gasteiger partial charge in [-0.3, -0.25) is 4.79 Å². The van der Waals surface area contributed by atoms with Crippen molar-refractivity contribution >= 4 is 33.8 Å². The van der Waals surface area contributed by atoms with Crippen molar-refractivity contribution in [2.75, 3.05) is 30.4 Å². The Labute approximate surface area is 185 Å². The Balaban J connectivity index is 1.54. The van der Waals surface area contributed by atoms with E-state index >= 15 is 0 Å². The van der Waals surface area contributed by atoms with E-state index in [9.17, 15) is 4.79 Å². The van der Waals surface area contributed by atoms with Crippen molar-refractivity contribution in [2.24, 2.45) is 0 Å². The van der Waals surface area contributed by atoms with Gasteiger partial charge in [-0.15, -0.1) is 0 Å². The van der Waals surface area contributed by atoms with E-state index in [2.05, 4.69) is 44.3 Å². The molecule has 9 nitrogen and oxygen atoms in total. The summed E-state index contributed by atoms with van der Waals surface area (Å²) in [4.78, 5) is 28.7. The molecule has 2 N–H and O–H groups in total. The average Bonchev–Trinajstić information content (AvgIpc) is 3.25. The number of imidazole rings is 1. The monoisotopic (exact) mass is 431 g/mol. The Kier molecular flexibility index (Phi) is 5.10. The van der Waals surface area contributed by atoms with Gasteiger partial charge in [-0.1, -0.05) is 0 Å². The van der Waals surface area contributed by atoms with Crippen LogP contribution in [0.5, 0.6) is 6.01 Å². The highest BCUT2D eigenvalue weighted by Gasteiger charge is 2.24. The minimum Gasteiger partial charge on any atom is -0.467 e. The Morgan fingerprint density at radius 3 is 2.75 bits per heavy atom. The van der Waals surface area contributed by atoms with Crippen LogP contribution in [0, 0.1) is 0 Å². The fourth-order valence-electron chi connectivity index (χ4n) is 4.36. The van der Waals surface area contributed by atoms with Gasteiger partial charge < -0.3 is 24.7 Å². The number of rotatable bonds is 4. The lowest BCUT2D eigenvalue weighted by Crippen LogP contribution is -2.54. The number of pyridine rings is 1. The first kappa shape index (κ1) is 20.2. The maximum atomic E-state index is 13.2. The number of amides is 1. The fraction of sp³-hybridized carbons (Fsp3) is 0.304. The molecule has 0 saturated carbocycles. The van der Waals surface area contributed by atoms with Crippen LogP contribution >= 0.6 is 0 Å². The quantitative estimate of drug-likeness (QED) is 0.513.